The third-order valence-corrected chi connectivity index (χ3v) is 6.94. The average molecular weight is 519 g/mol. The lowest BCUT2D eigenvalue weighted by Crippen LogP contribution is -2.34. The number of anilines is 2. The smallest absolute Gasteiger partial charge is 0.272 e. The van der Waals surface area contributed by atoms with Gasteiger partial charge in [-0.2, -0.15) is 0 Å². The monoisotopic (exact) mass is 518 g/mol. The molecule has 0 heterocycles. The van der Waals surface area contributed by atoms with Gasteiger partial charge in [-0.05, 0) is 46.5 Å². The molecule has 0 saturated carbocycles. The summed E-state index contributed by atoms with van der Waals surface area (Å²) in [5, 5.41) is 6.88. The van der Waals surface area contributed by atoms with Gasteiger partial charge in [-0.25, -0.2) is 0 Å². The maximum absolute atomic E-state index is 12.1. The summed E-state index contributed by atoms with van der Waals surface area (Å²) >= 11 is 0. The Kier molecular flexibility index (Phi) is 7.85. The lowest BCUT2D eigenvalue weighted by atomic mass is 9.90. The Balaban J connectivity index is 1.48. The molecule has 1 unspecified atom stereocenters. The van der Waals surface area contributed by atoms with Crippen LogP contribution >= 0.6 is 0 Å². The Morgan fingerprint density at radius 1 is 0.641 bits per heavy atom. The summed E-state index contributed by atoms with van der Waals surface area (Å²) in [5.41, 5.74) is 4.22. The van der Waals surface area contributed by atoms with Crippen LogP contribution in [-0.2, 0) is 0 Å². The van der Waals surface area contributed by atoms with Crippen molar-refractivity contribution < 1.29 is 9.47 Å². The van der Waals surface area contributed by atoms with Gasteiger partial charge in [0.15, 0.2) is 5.75 Å². The number of hydrogen-bond acceptors (Lipinski definition) is 6. The zero-order chi connectivity index (χ0) is 27.2. The fourth-order valence-electron chi connectivity index (χ4n) is 4.88. The summed E-state index contributed by atoms with van der Waals surface area (Å²) in [6.45, 7) is 0.689. The minimum absolute atomic E-state index is 0.0591. The molecule has 0 aliphatic carbocycles. The van der Waals surface area contributed by atoms with Crippen LogP contribution in [0.4, 0.5) is 11.4 Å². The van der Waals surface area contributed by atoms with Gasteiger partial charge in [0.2, 0.25) is 0 Å². The van der Waals surface area contributed by atoms with Gasteiger partial charge in [0.25, 0.3) is 10.9 Å². The van der Waals surface area contributed by atoms with Crippen molar-refractivity contribution in [3.8, 4) is 11.5 Å². The number of ether oxygens (including phenoxy) is 2. The zero-order valence-electron chi connectivity index (χ0n) is 21.9. The third-order valence-electron chi connectivity index (χ3n) is 6.94. The second-order valence-corrected chi connectivity index (χ2v) is 9.31. The molecule has 0 aliphatic rings. The SMILES string of the molecule is COc1ccc(C(NCC(c2ccccc2)c2ccccc2)c2cccc(Nc3c(OC)c(=O)c3=O)c2)cc1. The van der Waals surface area contributed by atoms with Crippen LogP contribution in [0.25, 0.3) is 0 Å². The molecule has 0 amide bonds. The molecule has 5 aromatic carbocycles. The maximum Gasteiger partial charge on any atom is 0.272 e. The van der Waals surface area contributed by atoms with E-state index in [1.165, 1.54) is 18.2 Å². The Labute approximate surface area is 227 Å². The van der Waals surface area contributed by atoms with E-state index in [9.17, 15) is 9.59 Å². The Morgan fingerprint density at radius 3 is 1.85 bits per heavy atom. The Morgan fingerprint density at radius 2 is 1.26 bits per heavy atom. The number of hydrogen-bond donors (Lipinski definition) is 2. The second-order valence-electron chi connectivity index (χ2n) is 9.31. The van der Waals surface area contributed by atoms with Crippen LogP contribution in [0, 0.1) is 0 Å². The summed E-state index contributed by atoms with van der Waals surface area (Å²) < 4.78 is 10.5. The minimum atomic E-state index is -0.609. The van der Waals surface area contributed by atoms with Crippen molar-refractivity contribution in [2.24, 2.45) is 0 Å². The standard InChI is InChI=1S/C33H30N2O4/c1-38-27-18-16-24(17-19-27)29(25-14-9-15-26(20-25)35-30-31(36)32(37)33(30)39-2)34-21-28(22-10-5-3-6-11-22)23-12-7-4-8-13-23/h3-20,28-29,34-35H,21H2,1-2H3. The highest BCUT2D eigenvalue weighted by molar-refractivity contribution is 5.70. The van der Waals surface area contributed by atoms with E-state index < -0.39 is 10.9 Å². The second kappa shape index (κ2) is 11.8. The first-order chi connectivity index (χ1) is 19.1. The molecule has 6 nitrogen and oxygen atoms in total. The predicted octanol–water partition coefficient (Wildman–Crippen LogP) is 5.55. The lowest BCUT2D eigenvalue weighted by molar-refractivity contribution is 0.408. The van der Waals surface area contributed by atoms with Crippen LogP contribution in [0.1, 0.15) is 34.2 Å². The maximum atomic E-state index is 12.1. The molecule has 2 N–H and O–H groups in total. The molecule has 5 rings (SSSR count). The highest BCUT2D eigenvalue weighted by Crippen LogP contribution is 2.30. The minimum Gasteiger partial charge on any atom is -0.497 e. The summed E-state index contributed by atoms with van der Waals surface area (Å²) in [6, 6.07) is 36.6. The van der Waals surface area contributed by atoms with Gasteiger partial charge in [-0.1, -0.05) is 84.9 Å². The number of benzene rings is 4. The fourth-order valence-corrected chi connectivity index (χ4v) is 4.88. The van der Waals surface area contributed by atoms with E-state index in [2.05, 4.69) is 71.3 Å². The van der Waals surface area contributed by atoms with Gasteiger partial charge in [0.1, 0.15) is 11.4 Å². The Bertz CT molecular complexity index is 1550. The largest absolute Gasteiger partial charge is 0.497 e. The molecule has 0 aromatic heterocycles. The van der Waals surface area contributed by atoms with E-state index in [1.54, 1.807) is 7.11 Å². The van der Waals surface area contributed by atoms with Gasteiger partial charge >= 0.3 is 0 Å². The van der Waals surface area contributed by atoms with Crippen molar-refractivity contribution in [2.45, 2.75) is 12.0 Å². The van der Waals surface area contributed by atoms with Crippen molar-refractivity contribution >= 4 is 11.4 Å². The summed E-state index contributed by atoms with van der Waals surface area (Å²) in [4.78, 5) is 23.9. The number of nitrogens with one attached hydrogen (secondary N) is 2. The van der Waals surface area contributed by atoms with Gasteiger partial charge in [0.05, 0.1) is 20.3 Å². The van der Waals surface area contributed by atoms with Gasteiger partial charge in [0, 0.05) is 18.2 Å². The van der Waals surface area contributed by atoms with Crippen molar-refractivity contribution in [3.05, 3.63) is 152 Å². The van der Waals surface area contributed by atoms with Gasteiger partial charge in [-0.15, -0.1) is 0 Å². The average Bonchev–Trinajstić information content (AvgIpc) is 3.00. The molecular weight excluding hydrogens is 488 g/mol. The molecule has 0 radical (unpaired) electrons. The van der Waals surface area contributed by atoms with Gasteiger partial charge in [-0.3, -0.25) is 9.59 Å². The Hall–Kier alpha value is -4.68. The molecule has 1 atom stereocenters. The van der Waals surface area contributed by atoms with Crippen molar-refractivity contribution in [1.29, 1.82) is 0 Å². The van der Waals surface area contributed by atoms with E-state index in [4.69, 9.17) is 9.47 Å². The van der Waals surface area contributed by atoms with E-state index in [0.29, 0.717) is 12.2 Å². The van der Waals surface area contributed by atoms with Crippen molar-refractivity contribution in [1.82, 2.24) is 5.32 Å². The number of methoxy groups -OCH3 is 2. The molecule has 0 saturated heterocycles. The molecule has 0 aliphatic heterocycles. The quantitative estimate of drug-likeness (QED) is 0.223. The van der Waals surface area contributed by atoms with E-state index in [1.807, 2.05) is 48.5 Å². The normalized spacial score (nSPS) is 11.9. The van der Waals surface area contributed by atoms with Crippen LogP contribution in [0.15, 0.2) is 119 Å². The highest BCUT2D eigenvalue weighted by Gasteiger charge is 2.23. The molecule has 196 valence electrons. The third kappa shape index (κ3) is 5.61. The molecule has 39 heavy (non-hydrogen) atoms. The predicted molar refractivity (Wildman–Crippen MR) is 155 cm³/mol. The highest BCUT2D eigenvalue weighted by atomic mass is 16.5. The van der Waals surface area contributed by atoms with Crippen LogP contribution in [0.2, 0.25) is 0 Å². The van der Waals surface area contributed by atoms with E-state index in [0.717, 1.165) is 16.9 Å². The first-order valence-corrected chi connectivity index (χ1v) is 12.8. The zero-order valence-corrected chi connectivity index (χ0v) is 21.9. The van der Waals surface area contributed by atoms with Crippen molar-refractivity contribution in [2.75, 3.05) is 26.1 Å². The molecule has 0 fully saturated rings. The topological polar surface area (TPSA) is 76.7 Å². The van der Waals surface area contributed by atoms with Crippen LogP contribution in [0.3, 0.4) is 0 Å². The van der Waals surface area contributed by atoms with Crippen LogP contribution in [0.5, 0.6) is 11.5 Å². The fraction of sp³-hybridized carbons (Fsp3) is 0.152. The van der Waals surface area contributed by atoms with E-state index >= 15 is 0 Å². The van der Waals surface area contributed by atoms with Crippen molar-refractivity contribution in [3.63, 3.8) is 0 Å². The van der Waals surface area contributed by atoms with E-state index in [-0.39, 0.29) is 23.4 Å². The first kappa shape index (κ1) is 25.9. The van der Waals surface area contributed by atoms with Gasteiger partial charge < -0.3 is 20.1 Å². The van der Waals surface area contributed by atoms with Crippen LogP contribution < -0.4 is 31.0 Å². The summed E-state index contributed by atoms with van der Waals surface area (Å²) in [5.74, 6) is 0.984. The molecule has 0 bridgehead atoms. The lowest BCUT2D eigenvalue weighted by Gasteiger charge is -2.25. The summed E-state index contributed by atoms with van der Waals surface area (Å²) in [7, 11) is 3.04. The molecular formula is C33H30N2O4. The summed E-state index contributed by atoms with van der Waals surface area (Å²) in [6.07, 6.45) is 0. The molecule has 5 aromatic rings. The van der Waals surface area contributed by atoms with Crippen LogP contribution in [-0.4, -0.2) is 20.8 Å². The number of rotatable bonds is 11. The molecule has 6 heteroatoms. The first-order valence-electron chi connectivity index (χ1n) is 12.8. The molecule has 0 spiro atoms.